The number of halogens is 2. The van der Waals surface area contributed by atoms with E-state index in [1.165, 1.54) is 10.2 Å². The molecule has 166 valence electrons. The molecule has 2 aromatic carbocycles. The van der Waals surface area contributed by atoms with Gasteiger partial charge in [-0.25, -0.2) is 16.8 Å². The molecule has 0 amide bonds. The molecule has 0 fully saturated rings. The monoisotopic (exact) mass is 473 g/mol. The van der Waals surface area contributed by atoms with Crippen molar-refractivity contribution >= 4 is 38.2 Å². The van der Waals surface area contributed by atoms with Crippen molar-refractivity contribution in [3.63, 3.8) is 0 Å². The first-order valence-electron chi connectivity index (χ1n) is 9.97. The fourth-order valence-electron chi connectivity index (χ4n) is 4.56. The zero-order valence-electron chi connectivity index (χ0n) is 18.2. The molecule has 0 unspecified atom stereocenters. The highest BCUT2D eigenvalue weighted by Crippen LogP contribution is 2.48. The van der Waals surface area contributed by atoms with Crippen LogP contribution in [-0.4, -0.2) is 33.4 Å². The van der Waals surface area contributed by atoms with E-state index >= 15 is 4.39 Å². The van der Waals surface area contributed by atoms with Crippen molar-refractivity contribution < 1.29 is 12.8 Å². The van der Waals surface area contributed by atoms with E-state index in [0.29, 0.717) is 50.6 Å². The Hall–Kier alpha value is -2.91. The van der Waals surface area contributed by atoms with Crippen LogP contribution < -0.4 is 5.32 Å². The summed E-state index contributed by atoms with van der Waals surface area (Å²) in [4.78, 5) is 0. The highest BCUT2D eigenvalue weighted by atomic mass is 35.5. The SMILES string of the molecule is Cc1c(-c2cccc3c2ccn3S(C)(=O)=O)c(F)c(Cl)c2c1-n1c(C)nnc1C(C)(C)N2. The number of fused-ring (bicyclic) bond motifs is 4. The number of aromatic nitrogens is 4. The third-order valence-corrected chi connectivity index (χ3v) is 7.36. The van der Waals surface area contributed by atoms with Crippen LogP contribution in [0.4, 0.5) is 10.1 Å². The van der Waals surface area contributed by atoms with Crippen molar-refractivity contribution in [3.8, 4) is 16.8 Å². The molecule has 0 saturated heterocycles. The van der Waals surface area contributed by atoms with Crippen LogP contribution in [0.3, 0.4) is 0 Å². The fraction of sp³-hybridized carbons (Fsp3) is 0.273. The second kappa shape index (κ2) is 6.55. The molecule has 0 radical (unpaired) electrons. The molecule has 10 heteroatoms. The molecule has 0 saturated carbocycles. The maximum Gasteiger partial charge on any atom is 0.236 e. The van der Waals surface area contributed by atoms with Gasteiger partial charge in [0.15, 0.2) is 11.6 Å². The molecule has 0 bridgehead atoms. The van der Waals surface area contributed by atoms with Crippen LogP contribution in [0.5, 0.6) is 0 Å². The molecular formula is C22H21ClFN5O2S. The molecule has 5 rings (SSSR count). The Bertz CT molecular complexity index is 1550. The van der Waals surface area contributed by atoms with Gasteiger partial charge in [-0.05, 0) is 51.0 Å². The van der Waals surface area contributed by atoms with E-state index in [9.17, 15) is 8.42 Å². The lowest BCUT2D eigenvalue weighted by Gasteiger charge is -2.36. The van der Waals surface area contributed by atoms with Gasteiger partial charge in [-0.3, -0.25) is 4.57 Å². The van der Waals surface area contributed by atoms with Crippen LogP contribution in [0.2, 0.25) is 5.02 Å². The largest absolute Gasteiger partial charge is 0.370 e. The predicted octanol–water partition coefficient (Wildman–Crippen LogP) is 4.77. The molecule has 7 nitrogen and oxygen atoms in total. The lowest BCUT2D eigenvalue weighted by Crippen LogP contribution is -2.36. The minimum Gasteiger partial charge on any atom is -0.370 e. The van der Waals surface area contributed by atoms with Crippen LogP contribution in [0.25, 0.3) is 27.7 Å². The summed E-state index contributed by atoms with van der Waals surface area (Å²) in [5.41, 5.74) is 2.54. The normalized spacial score (nSPS) is 14.8. The van der Waals surface area contributed by atoms with Crippen LogP contribution in [-0.2, 0) is 15.6 Å². The standard InChI is InChI=1S/C22H21ClFN5O2S/c1-11-16(14-7-6-8-15-13(14)9-10-28(15)32(5,30)31)18(24)17(23)19-20(11)29-12(2)26-27-21(29)22(3,4)25-19/h6-10,25H,1-5H3. The number of anilines is 1. The van der Waals surface area contributed by atoms with Gasteiger partial charge in [-0.1, -0.05) is 23.7 Å². The molecule has 1 aliphatic rings. The molecular weight excluding hydrogens is 453 g/mol. The maximum atomic E-state index is 15.8. The van der Waals surface area contributed by atoms with Gasteiger partial charge in [-0.2, -0.15) is 0 Å². The number of nitrogens with zero attached hydrogens (tertiary/aromatic N) is 4. The number of hydrogen-bond acceptors (Lipinski definition) is 5. The molecule has 0 aliphatic carbocycles. The zero-order chi connectivity index (χ0) is 23.2. The minimum absolute atomic E-state index is 0.0352. The molecule has 32 heavy (non-hydrogen) atoms. The van der Waals surface area contributed by atoms with Crippen molar-refractivity contribution in [2.45, 2.75) is 33.2 Å². The molecule has 2 aromatic heterocycles. The summed E-state index contributed by atoms with van der Waals surface area (Å²) in [5, 5.41) is 12.5. The number of hydrogen-bond donors (Lipinski definition) is 1. The fourth-order valence-corrected chi connectivity index (χ4v) is 5.59. The van der Waals surface area contributed by atoms with Gasteiger partial charge >= 0.3 is 0 Å². The van der Waals surface area contributed by atoms with Gasteiger partial charge in [0.25, 0.3) is 0 Å². The smallest absolute Gasteiger partial charge is 0.236 e. The number of benzene rings is 2. The van der Waals surface area contributed by atoms with Crippen molar-refractivity contribution in [1.82, 2.24) is 18.7 Å². The van der Waals surface area contributed by atoms with Gasteiger partial charge in [0.1, 0.15) is 10.8 Å². The Morgan fingerprint density at radius 1 is 1.16 bits per heavy atom. The maximum absolute atomic E-state index is 15.8. The van der Waals surface area contributed by atoms with Crippen molar-refractivity contribution in [2.75, 3.05) is 11.6 Å². The summed E-state index contributed by atoms with van der Waals surface area (Å²) >= 11 is 6.59. The summed E-state index contributed by atoms with van der Waals surface area (Å²) in [6.07, 6.45) is 2.60. The number of rotatable bonds is 2. The predicted molar refractivity (Wildman–Crippen MR) is 124 cm³/mol. The average Bonchev–Trinajstić information content (AvgIpc) is 3.31. The first kappa shape index (κ1) is 21.0. The summed E-state index contributed by atoms with van der Waals surface area (Å²) in [5.74, 6) is 0.787. The van der Waals surface area contributed by atoms with Gasteiger partial charge in [-0.15, -0.1) is 10.2 Å². The van der Waals surface area contributed by atoms with Gasteiger partial charge in [0, 0.05) is 17.1 Å². The van der Waals surface area contributed by atoms with E-state index in [0.717, 1.165) is 6.26 Å². The highest BCUT2D eigenvalue weighted by Gasteiger charge is 2.38. The van der Waals surface area contributed by atoms with Crippen molar-refractivity contribution in [3.05, 3.63) is 58.5 Å². The first-order valence-corrected chi connectivity index (χ1v) is 12.2. The zero-order valence-corrected chi connectivity index (χ0v) is 19.7. The molecule has 0 spiro atoms. The van der Waals surface area contributed by atoms with E-state index < -0.39 is 21.4 Å². The van der Waals surface area contributed by atoms with Crippen LogP contribution in [0.1, 0.15) is 31.1 Å². The average molecular weight is 474 g/mol. The molecule has 0 atom stereocenters. The van der Waals surface area contributed by atoms with Crippen molar-refractivity contribution in [1.29, 1.82) is 0 Å². The summed E-state index contributed by atoms with van der Waals surface area (Å²) in [6.45, 7) is 7.53. The van der Waals surface area contributed by atoms with Crippen LogP contribution in [0, 0.1) is 19.7 Å². The van der Waals surface area contributed by atoms with E-state index in [-0.39, 0.29) is 5.02 Å². The minimum atomic E-state index is -3.51. The Morgan fingerprint density at radius 2 is 1.88 bits per heavy atom. The second-order valence-electron chi connectivity index (χ2n) is 8.62. The summed E-state index contributed by atoms with van der Waals surface area (Å²) in [7, 11) is -3.51. The summed E-state index contributed by atoms with van der Waals surface area (Å²) in [6, 6.07) is 6.85. The summed E-state index contributed by atoms with van der Waals surface area (Å²) < 4.78 is 43.3. The third kappa shape index (κ3) is 2.74. The first-order chi connectivity index (χ1) is 14.9. The number of nitrogens with one attached hydrogen (secondary N) is 1. The van der Waals surface area contributed by atoms with E-state index in [1.807, 2.05) is 32.3 Å². The molecule has 1 N–H and O–H groups in total. The van der Waals surface area contributed by atoms with Gasteiger partial charge in [0.05, 0.1) is 28.7 Å². The Labute approximate surface area is 189 Å². The van der Waals surface area contributed by atoms with Crippen LogP contribution in [0.15, 0.2) is 30.5 Å². The molecule has 4 aromatic rings. The molecule has 1 aliphatic heterocycles. The van der Waals surface area contributed by atoms with E-state index in [1.54, 1.807) is 24.3 Å². The Balaban J connectivity index is 1.89. The van der Waals surface area contributed by atoms with Crippen molar-refractivity contribution in [2.24, 2.45) is 0 Å². The Morgan fingerprint density at radius 3 is 2.56 bits per heavy atom. The third-order valence-electron chi connectivity index (χ3n) is 5.97. The Kier molecular flexibility index (Phi) is 4.29. The highest BCUT2D eigenvalue weighted by molar-refractivity contribution is 7.89. The topological polar surface area (TPSA) is 81.8 Å². The number of aryl methyl sites for hydroxylation is 1. The lowest BCUT2D eigenvalue weighted by atomic mass is 9.92. The van der Waals surface area contributed by atoms with E-state index in [4.69, 9.17) is 11.6 Å². The van der Waals surface area contributed by atoms with Gasteiger partial charge in [0.2, 0.25) is 10.0 Å². The molecule has 3 heterocycles. The quantitative estimate of drug-likeness (QED) is 0.453. The second-order valence-corrected chi connectivity index (χ2v) is 10.9. The van der Waals surface area contributed by atoms with E-state index in [2.05, 4.69) is 15.5 Å². The van der Waals surface area contributed by atoms with Gasteiger partial charge < -0.3 is 5.32 Å². The van der Waals surface area contributed by atoms with Crippen LogP contribution >= 0.6 is 11.6 Å². The lowest BCUT2D eigenvalue weighted by molar-refractivity contribution is 0.532.